The second kappa shape index (κ2) is 5.54. The lowest BCUT2D eigenvalue weighted by Gasteiger charge is -2.18. The van der Waals surface area contributed by atoms with Crippen LogP contribution in [0.25, 0.3) is 0 Å². The summed E-state index contributed by atoms with van der Waals surface area (Å²) >= 11 is 0. The zero-order chi connectivity index (χ0) is 13.0. The fraction of sp³-hybridized carbons (Fsp3) is 0.200. The minimum Gasteiger partial charge on any atom is -0.467 e. The van der Waals surface area contributed by atoms with Crippen molar-refractivity contribution in [1.29, 1.82) is 0 Å². The molecule has 0 aliphatic carbocycles. The maximum Gasteiger partial charge on any atom is 0.146 e. The van der Waals surface area contributed by atoms with Gasteiger partial charge in [0.2, 0.25) is 0 Å². The van der Waals surface area contributed by atoms with Gasteiger partial charge in [-0.25, -0.2) is 4.39 Å². The molecule has 1 aromatic carbocycles. The van der Waals surface area contributed by atoms with Crippen molar-refractivity contribution in [3.05, 3.63) is 66.4 Å². The van der Waals surface area contributed by atoms with Crippen LogP contribution in [0.3, 0.4) is 0 Å². The van der Waals surface area contributed by atoms with Gasteiger partial charge >= 0.3 is 0 Å². The number of nitrogens with one attached hydrogen (secondary N) is 1. The lowest BCUT2D eigenvalue weighted by atomic mass is 10.1. The molecule has 1 N–H and O–H groups in total. The Morgan fingerprint density at radius 2 is 2.11 bits per heavy atom. The Hall–Kier alpha value is -2.03. The molecule has 2 nitrogen and oxygen atoms in total. The van der Waals surface area contributed by atoms with Crippen LogP contribution in [0.4, 0.5) is 10.1 Å². The predicted molar refractivity (Wildman–Crippen MR) is 70.9 cm³/mol. The van der Waals surface area contributed by atoms with Gasteiger partial charge in [0, 0.05) is 0 Å². The van der Waals surface area contributed by atoms with Crippen LogP contribution >= 0.6 is 0 Å². The van der Waals surface area contributed by atoms with Gasteiger partial charge in [-0.05, 0) is 37.6 Å². The molecule has 1 aromatic heterocycles. The van der Waals surface area contributed by atoms with Gasteiger partial charge in [0.1, 0.15) is 11.6 Å². The first kappa shape index (κ1) is 12.4. The second-order valence-electron chi connectivity index (χ2n) is 4.35. The molecular formula is C15H16FNO. The van der Waals surface area contributed by atoms with Crippen molar-refractivity contribution in [1.82, 2.24) is 0 Å². The van der Waals surface area contributed by atoms with E-state index in [1.165, 1.54) is 6.07 Å². The standard InChI is InChI=1S/C15H16FNO/c1-11(2)10-14(15-8-5-9-18-15)17-13-7-4-3-6-12(13)16/h3-9,14,17H,1,10H2,2H3/t14-/m0/s1. The van der Waals surface area contributed by atoms with Crippen molar-refractivity contribution in [2.24, 2.45) is 0 Å². The van der Waals surface area contributed by atoms with E-state index in [0.29, 0.717) is 12.1 Å². The van der Waals surface area contributed by atoms with E-state index in [0.717, 1.165) is 11.3 Å². The molecule has 2 aromatic rings. The molecule has 0 aliphatic rings. The van der Waals surface area contributed by atoms with Crippen molar-refractivity contribution >= 4 is 5.69 Å². The molecule has 0 aliphatic heterocycles. The third kappa shape index (κ3) is 3.00. The first-order chi connectivity index (χ1) is 8.66. The predicted octanol–water partition coefficient (Wildman–Crippen LogP) is 4.54. The molecule has 0 saturated heterocycles. The minimum atomic E-state index is -0.268. The number of benzene rings is 1. The molecule has 0 saturated carbocycles. The van der Waals surface area contributed by atoms with E-state index < -0.39 is 0 Å². The SMILES string of the molecule is C=C(C)C[C@H](Nc1ccccc1F)c1ccco1. The Bertz CT molecular complexity index is 519. The molecule has 0 unspecified atom stereocenters. The first-order valence-electron chi connectivity index (χ1n) is 5.85. The molecule has 94 valence electrons. The molecular weight excluding hydrogens is 229 g/mol. The normalized spacial score (nSPS) is 12.1. The average molecular weight is 245 g/mol. The van der Waals surface area contributed by atoms with Crippen LogP contribution in [-0.2, 0) is 0 Å². The molecule has 0 radical (unpaired) electrons. The number of rotatable bonds is 5. The molecule has 0 bridgehead atoms. The van der Waals surface area contributed by atoms with Gasteiger partial charge in [-0.3, -0.25) is 0 Å². The summed E-state index contributed by atoms with van der Waals surface area (Å²) < 4.78 is 19.0. The number of anilines is 1. The highest BCUT2D eigenvalue weighted by Crippen LogP contribution is 2.26. The van der Waals surface area contributed by atoms with Gasteiger partial charge in [0.15, 0.2) is 0 Å². The zero-order valence-electron chi connectivity index (χ0n) is 10.3. The van der Waals surface area contributed by atoms with E-state index in [-0.39, 0.29) is 11.9 Å². The highest BCUT2D eigenvalue weighted by atomic mass is 19.1. The van der Waals surface area contributed by atoms with Gasteiger partial charge in [0.25, 0.3) is 0 Å². The van der Waals surface area contributed by atoms with E-state index in [2.05, 4.69) is 11.9 Å². The van der Waals surface area contributed by atoms with Crippen LogP contribution in [0.2, 0.25) is 0 Å². The van der Waals surface area contributed by atoms with Crippen molar-refractivity contribution in [3.8, 4) is 0 Å². The highest BCUT2D eigenvalue weighted by molar-refractivity contribution is 5.46. The van der Waals surface area contributed by atoms with E-state index in [1.54, 1.807) is 24.5 Å². The summed E-state index contributed by atoms with van der Waals surface area (Å²) in [5.74, 6) is 0.511. The van der Waals surface area contributed by atoms with Crippen LogP contribution in [0.15, 0.2) is 59.2 Å². The highest BCUT2D eigenvalue weighted by Gasteiger charge is 2.15. The summed E-state index contributed by atoms with van der Waals surface area (Å²) in [6, 6.07) is 10.2. The third-order valence-corrected chi connectivity index (χ3v) is 2.64. The van der Waals surface area contributed by atoms with Gasteiger partial charge in [-0.2, -0.15) is 0 Å². The van der Waals surface area contributed by atoms with Crippen LogP contribution in [-0.4, -0.2) is 0 Å². The van der Waals surface area contributed by atoms with E-state index in [9.17, 15) is 4.39 Å². The van der Waals surface area contributed by atoms with Crippen molar-refractivity contribution in [2.45, 2.75) is 19.4 Å². The van der Waals surface area contributed by atoms with Gasteiger partial charge in [-0.1, -0.05) is 17.7 Å². The number of para-hydroxylation sites is 1. The Labute approximate surface area is 106 Å². The van der Waals surface area contributed by atoms with Crippen LogP contribution < -0.4 is 5.32 Å². The summed E-state index contributed by atoms with van der Waals surface area (Å²) in [6.07, 6.45) is 2.31. The van der Waals surface area contributed by atoms with Crippen molar-refractivity contribution < 1.29 is 8.81 Å². The third-order valence-electron chi connectivity index (χ3n) is 2.64. The largest absolute Gasteiger partial charge is 0.467 e. The summed E-state index contributed by atoms with van der Waals surface area (Å²) in [5.41, 5.74) is 1.49. The fourth-order valence-corrected chi connectivity index (χ4v) is 1.83. The summed E-state index contributed by atoms with van der Waals surface area (Å²) in [6.45, 7) is 5.84. The van der Waals surface area contributed by atoms with Gasteiger partial charge in [0.05, 0.1) is 18.0 Å². The topological polar surface area (TPSA) is 25.2 Å². The number of halogens is 1. The quantitative estimate of drug-likeness (QED) is 0.782. The maximum absolute atomic E-state index is 13.6. The Morgan fingerprint density at radius 1 is 1.33 bits per heavy atom. The number of furan rings is 1. The van der Waals surface area contributed by atoms with Gasteiger partial charge in [-0.15, -0.1) is 6.58 Å². The van der Waals surface area contributed by atoms with Crippen molar-refractivity contribution in [2.75, 3.05) is 5.32 Å². The molecule has 0 spiro atoms. The van der Waals surface area contributed by atoms with Crippen LogP contribution in [0.5, 0.6) is 0 Å². The summed E-state index contributed by atoms with van der Waals surface area (Å²) in [7, 11) is 0. The first-order valence-corrected chi connectivity index (χ1v) is 5.85. The Kier molecular flexibility index (Phi) is 3.82. The molecule has 0 amide bonds. The van der Waals surface area contributed by atoms with E-state index in [1.807, 2.05) is 19.1 Å². The second-order valence-corrected chi connectivity index (χ2v) is 4.35. The molecule has 0 fully saturated rings. The number of hydrogen-bond donors (Lipinski definition) is 1. The molecule has 18 heavy (non-hydrogen) atoms. The smallest absolute Gasteiger partial charge is 0.146 e. The van der Waals surface area contributed by atoms with Gasteiger partial charge < -0.3 is 9.73 Å². The lowest BCUT2D eigenvalue weighted by Crippen LogP contribution is -2.11. The van der Waals surface area contributed by atoms with Crippen LogP contribution in [0.1, 0.15) is 25.1 Å². The number of hydrogen-bond acceptors (Lipinski definition) is 2. The minimum absolute atomic E-state index is 0.102. The van der Waals surface area contributed by atoms with E-state index >= 15 is 0 Å². The van der Waals surface area contributed by atoms with Crippen LogP contribution in [0, 0.1) is 5.82 Å². The Balaban J connectivity index is 2.20. The maximum atomic E-state index is 13.6. The molecule has 1 atom stereocenters. The molecule has 1 heterocycles. The average Bonchev–Trinajstić information content (AvgIpc) is 2.84. The Morgan fingerprint density at radius 3 is 2.72 bits per heavy atom. The van der Waals surface area contributed by atoms with Crippen molar-refractivity contribution in [3.63, 3.8) is 0 Å². The fourth-order valence-electron chi connectivity index (χ4n) is 1.83. The summed E-state index contributed by atoms with van der Waals surface area (Å²) in [5, 5.41) is 3.15. The zero-order valence-corrected chi connectivity index (χ0v) is 10.3. The van der Waals surface area contributed by atoms with E-state index in [4.69, 9.17) is 4.42 Å². The molecule has 2 rings (SSSR count). The monoisotopic (exact) mass is 245 g/mol. The molecule has 3 heteroatoms. The summed E-state index contributed by atoms with van der Waals surface area (Å²) in [4.78, 5) is 0. The lowest BCUT2D eigenvalue weighted by molar-refractivity contribution is 0.476.